The summed E-state index contributed by atoms with van der Waals surface area (Å²) in [6.07, 6.45) is 4.77. The Balaban J connectivity index is 1.43. The first-order valence-electron chi connectivity index (χ1n) is 8.45. The fourth-order valence-electron chi connectivity index (χ4n) is 4.66. The second-order valence-electron chi connectivity index (χ2n) is 7.16. The Hall–Kier alpha value is -2.15. The van der Waals surface area contributed by atoms with Crippen molar-refractivity contribution in [1.82, 2.24) is 5.32 Å². The number of rotatable bonds is 3. The lowest BCUT2D eigenvalue weighted by Crippen LogP contribution is -2.72. The number of non-ortho nitro benzene ring substituents is 1. The minimum atomic E-state index is -0.439. The predicted molar refractivity (Wildman–Crippen MR) is 87.9 cm³/mol. The van der Waals surface area contributed by atoms with Gasteiger partial charge >= 0.3 is 6.03 Å². The Morgan fingerprint density at radius 1 is 1.42 bits per heavy atom. The average molecular weight is 331 g/mol. The number of nitro benzene ring substituents is 1. The summed E-state index contributed by atoms with van der Waals surface area (Å²) in [6.45, 7) is 2.54. The number of carbonyl (C=O) groups excluding carboxylic acids is 1. The van der Waals surface area contributed by atoms with Gasteiger partial charge in [-0.3, -0.25) is 10.1 Å². The summed E-state index contributed by atoms with van der Waals surface area (Å²) in [6, 6.07) is 4.38. The maximum atomic E-state index is 12.4. The van der Waals surface area contributed by atoms with E-state index in [1.165, 1.54) is 18.6 Å². The maximum Gasteiger partial charge on any atom is 0.319 e. The number of nitrogens with one attached hydrogen (secondary N) is 2. The Kier molecular flexibility index (Phi) is 3.49. The van der Waals surface area contributed by atoms with Gasteiger partial charge in [-0.25, -0.2) is 4.79 Å². The van der Waals surface area contributed by atoms with Crippen molar-refractivity contribution in [3.05, 3.63) is 33.9 Å². The Bertz CT molecular complexity index is 701. The standard InChI is InChI=1S/C17H21N3O4/c1-10-9-11(20(22)23)3-4-13(10)18-16(21)19-14-12-5-8-24-15(12)17(14)6-2-7-17/h3-4,9,12,14-15H,2,5-8H2,1H3,(H2,18,19,21)/t12-,14-,15+/m1/s1. The van der Waals surface area contributed by atoms with Gasteiger partial charge in [0.05, 0.1) is 11.0 Å². The number of nitrogens with zero attached hydrogens (tertiary/aromatic N) is 1. The summed E-state index contributed by atoms with van der Waals surface area (Å²) < 4.78 is 5.86. The van der Waals surface area contributed by atoms with E-state index >= 15 is 0 Å². The molecule has 2 saturated carbocycles. The number of fused-ring (bicyclic) bond motifs is 2. The average Bonchev–Trinajstić information content (AvgIpc) is 2.90. The van der Waals surface area contributed by atoms with Crippen molar-refractivity contribution < 1.29 is 14.5 Å². The zero-order valence-electron chi connectivity index (χ0n) is 13.6. The van der Waals surface area contributed by atoms with Gasteiger partial charge < -0.3 is 15.4 Å². The molecule has 1 spiro atoms. The molecule has 1 saturated heterocycles. The summed E-state index contributed by atoms with van der Waals surface area (Å²) >= 11 is 0. The molecule has 3 atom stereocenters. The monoisotopic (exact) mass is 331 g/mol. The normalized spacial score (nSPS) is 29.3. The van der Waals surface area contributed by atoms with Gasteiger partial charge in [0.1, 0.15) is 0 Å². The van der Waals surface area contributed by atoms with Crippen molar-refractivity contribution in [2.45, 2.75) is 44.8 Å². The quantitative estimate of drug-likeness (QED) is 0.658. The summed E-state index contributed by atoms with van der Waals surface area (Å²) in [5.74, 6) is 0.425. The zero-order valence-corrected chi connectivity index (χ0v) is 13.6. The lowest BCUT2D eigenvalue weighted by molar-refractivity contribution is -0.384. The number of aryl methyl sites for hydroxylation is 1. The summed E-state index contributed by atoms with van der Waals surface area (Å²) in [7, 11) is 0. The SMILES string of the molecule is Cc1cc([N+](=O)[O-])ccc1NC(=O)N[C@@H]1[C@H]2CCO[C@@H]2C12CCC2. The molecular weight excluding hydrogens is 310 g/mol. The fraction of sp³-hybridized carbons (Fsp3) is 0.588. The number of nitro groups is 1. The molecule has 3 fully saturated rings. The number of carbonyl (C=O) groups is 1. The highest BCUT2D eigenvalue weighted by Gasteiger charge is 2.66. The van der Waals surface area contributed by atoms with Gasteiger partial charge in [-0.15, -0.1) is 0 Å². The minimum absolute atomic E-state index is 0.0248. The lowest BCUT2D eigenvalue weighted by atomic mass is 9.46. The lowest BCUT2D eigenvalue weighted by Gasteiger charge is -2.63. The number of benzene rings is 1. The molecule has 4 rings (SSSR count). The predicted octanol–water partition coefficient (Wildman–Crippen LogP) is 2.98. The van der Waals surface area contributed by atoms with Crippen LogP contribution in [0.4, 0.5) is 16.2 Å². The van der Waals surface area contributed by atoms with Gasteiger partial charge in [0, 0.05) is 41.8 Å². The molecule has 0 radical (unpaired) electrons. The first-order chi connectivity index (χ1) is 11.5. The number of amides is 2. The molecule has 128 valence electrons. The van der Waals surface area contributed by atoms with Crippen molar-refractivity contribution in [2.24, 2.45) is 11.3 Å². The molecule has 0 bridgehead atoms. The molecule has 0 aromatic heterocycles. The van der Waals surface area contributed by atoms with E-state index in [0.717, 1.165) is 25.9 Å². The second kappa shape index (κ2) is 5.44. The number of urea groups is 1. The second-order valence-corrected chi connectivity index (χ2v) is 7.16. The van der Waals surface area contributed by atoms with E-state index in [1.807, 2.05) is 0 Å². The van der Waals surface area contributed by atoms with Crippen LogP contribution in [0.3, 0.4) is 0 Å². The van der Waals surface area contributed by atoms with Gasteiger partial charge in [-0.1, -0.05) is 6.42 Å². The Morgan fingerprint density at radius 2 is 2.21 bits per heavy atom. The highest BCUT2D eigenvalue weighted by atomic mass is 16.6. The number of anilines is 1. The third-order valence-electron chi connectivity index (χ3n) is 5.99. The smallest absolute Gasteiger partial charge is 0.319 e. The van der Waals surface area contributed by atoms with Crippen LogP contribution in [-0.2, 0) is 4.74 Å². The number of hydrogen-bond acceptors (Lipinski definition) is 4. The molecule has 1 heterocycles. The molecule has 7 heteroatoms. The summed E-state index contributed by atoms with van der Waals surface area (Å²) in [5, 5.41) is 16.7. The van der Waals surface area contributed by atoms with Crippen molar-refractivity contribution in [3.8, 4) is 0 Å². The highest BCUT2D eigenvalue weighted by molar-refractivity contribution is 5.90. The van der Waals surface area contributed by atoms with Gasteiger partial charge in [-0.05, 0) is 37.8 Å². The number of hydrogen-bond donors (Lipinski definition) is 2. The van der Waals surface area contributed by atoms with Crippen LogP contribution in [0, 0.1) is 28.4 Å². The van der Waals surface area contributed by atoms with Gasteiger partial charge in [0.2, 0.25) is 0 Å². The van der Waals surface area contributed by atoms with Crippen LogP contribution in [0.2, 0.25) is 0 Å². The molecule has 3 aliphatic rings. The first kappa shape index (κ1) is 15.4. The van der Waals surface area contributed by atoms with E-state index in [9.17, 15) is 14.9 Å². The topological polar surface area (TPSA) is 93.5 Å². The van der Waals surface area contributed by atoms with Crippen LogP contribution in [0.15, 0.2) is 18.2 Å². The van der Waals surface area contributed by atoms with Crippen molar-refractivity contribution >= 4 is 17.4 Å². The van der Waals surface area contributed by atoms with E-state index in [-0.39, 0.29) is 23.2 Å². The number of ether oxygens (including phenoxy) is 1. The molecule has 1 aromatic rings. The van der Waals surface area contributed by atoms with Gasteiger partial charge in [0.25, 0.3) is 5.69 Å². The van der Waals surface area contributed by atoms with E-state index in [4.69, 9.17) is 4.74 Å². The van der Waals surface area contributed by atoms with E-state index in [1.54, 1.807) is 13.0 Å². The molecule has 2 N–H and O–H groups in total. The maximum absolute atomic E-state index is 12.4. The largest absolute Gasteiger partial charge is 0.377 e. The highest BCUT2D eigenvalue weighted by Crippen LogP contribution is 2.62. The van der Waals surface area contributed by atoms with Crippen LogP contribution >= 0.6 is 0 Å². The third-order valence-corrected chi connectivity index (χ3v) is 5.99. The van der Waals surface area contributed by atoms with E-state index < -0.39 is 4.92 Å². The van der Waals surface area contributed by atoms with Gasteiger partial charge in [0.15, 0.2) is 0 Å². The zero-order chi connectivity index (χ0) is 16.9. The summed E-state index contributed by atoms with van der Waals surface area (Å²) in [5.41, 5.74) is 1.44. The molecule has 2 amide bonds. The fourth-order valence-corrected chi connectivity index (χ4v) is 4.66. The Labute approximate surface area is 139 Å². The molecule has 1 aromatic carbocycles. The van der Waals surface area contributed by atoms with E-state index in [0.29, 0.717) is 23.3 Å². The van der Waals surface area contributed by atoms with Crippen molar-refractivity contribution in [3.63, 3.8) is 0 Å². The third kappa shape index (κ3) is 2.18. The van der Waals surface area contributed by atoms with Gasteiger partial charge in [-0.2, -0.15) is 0 Å². The van der Waals surface area contributed by atoms with Crippen molar-refractivity contribution in [1.29, 1.82) is 0 Å². The van der Waals surface area contributed by atoms with Crippen LogP contribution in [0.5, 0.6) is 0 Å². The van der Waals surface area contributed by atoms with Crippen LogP contribution < -0.4 is 10.6 Å². The molecule has 1 aliphatic heterocycles. The van der Waals surface area contributed by atoms with E-state index in [2.05, 4.69) is 10.6 Å². The van der Waals surface area contributed by atoms with Crippen LogP contribution in [0.25, 0.3) is 0 Å². The minimum Gasteiger partial charge on any atom is -0.377 e. The van der Waals surface area contributed by atoms with Crippen LogP contribution in [-0.4, -0.2) is 29.7 Å². The Morgan fingerprint density at radius 3 is 2.83 bits per heavy atom. The molecule has 2 aliphatic carbocycles. The molecule has 0 unspecified atom stereocenters. The first-order valence-corrected chi connectivity index (χ1v) is 8.45. The van der Waals surface area contributed by atoms with Crippen LogP contribution in [0.1, 0.15) is 31.2 Å². The molecular formula is C17H21N3O4. The summed E-state index contributed by atoms with van der Waals surface area (Å²) in [4.78, 5) is 22.8. The van der Waals surface area contributed by atoms with Crippen molar-refractivity contribution in [2.75, 3.05) is 11.9 Å². The molecule has 7 nitrogen and oxygen atoms in total. The molecule has 24 heavy (non-hydrogen) atoms.